The maximum atomic E-state index is 11.6. The number of anilines is 1. The quantitative estimate of drug-likeness (QED) is 0.707. The van der Waals surface area contributed by atoms with Crippen LogP contribution in [0.2, 0.25) is 0 Å². The van der Waals surface area contributed by atoms with Crippen molar-refractivity contribution in [1.29, 1.82) is 0 Å². The summed E-state index contributed by atoms with van der Waals surface area (Å²) in [5, 5.41) is 11.8. The minimum Gasteiger partial charge on any atom is -0.381 e. The van der Waals surface area contributed by atoms with Gasteiger partial charge in [0.2, 0.25) is 0 Å². The molecule has 0 radical (unpaired) electrons. The summed E-state index contributed by atoms with van der Waals surface area (Å²) in [4.78, 5) is 2.80. The van der Waals surface area contributed by atoms with E-state index < -0.39 is 9.84 Å². The molecule has 1 atom stereocenters. The molecule has 0 unspecified atom stereocenters. The summed E-state index contributed by atoms with van der Waals surface area (Å²) >= 11 is 0. The molecule has 3 aromatic rings. The Morgan fingerprint density at radius 2 is 2.04 bits per heavy atom. The standard InChI is InChI=1S/C20H24N4O2S/c1-27(25,26)19-7-4-15(5-8-19)13-24-10-2-3-18(14-24)22-17-6-9-20-16(11-17)12-21-23-20/h4-9,11-12,18,22H,2-3,10,13-14H2,1H3,(H,21,23)/t18-/m1/s1. The van der Waals surface area contributed by atoms with E-state index in [1.54, 1.807) is 12.1 Å². The molecular weight excluding hydrogens is 360 g/mol. The Morgan fingerprint density at radius 3 is 2.81 bits per heavy atom. The van der Waals surface area contributed by atoms with Gasteiger partial charge in [0.15, 0.2) is 9.84 Å². The van der Waals surface area contributed by atoms with Gasteiger partial charge in [0.05, 0.1) is 16.6 Å². The smallest absolute Gasteiger partial charge is 0.175 e. The van der Waals surface area contributed by atoms with Gasteiger partial charge in [-0.05, 0) is 55.3 Å². The summed E-state index contributed by atoms with van der Waals surface area (Å²) in [6.07, 6.45) is 5.37. The molecule has 7 heteroatoms. The van der Waals surface area contributed by atoms with Crippen molar-refractivity contribution in [3.05, 3.63) is 54.2 Å². The van der Waals surface area contributed by atoms with Gasteiger partial charge in [-0.25, -0.2) is 8.42 Å². The summed E-state index contributed by atoms with van der Waals surface area (Å²) in [6, 6.07) is 13.9. The first-order valence-corrected chi connectivity index (χ1v) is 11.1. The average Bonchev–Trinajstić information content (AvgIpc) is 3.09. The minimum absolute atomic E-state index is 0.374. The number of nitrogens with one attached hydrogen (secondary N) is 2. The van der Waals surface area contributed by atoms with Crippen molar-refractivity contribution in [2.75, 3.05) is 24.7 Å². The zero-order chi connectivity index (χ0) is 18.9. The van der Waals surface area contributed by atoms with Gasteiger partial charge < -0.3 is 5.32 Å². The van der Waals surface area contributed by atoms with Crippen LogP contribution >= 0.6 is 0 Å². The number of fused-ring (bicyclic) bond motifs is 1. The number of piperidine rings is 1. The van der Waals surface area contributed by atoms with Gasteiger partial charge in [0.1, 0.15) is 0 Å². The zero-order valence-corrected chi connectivity index (χ0v) is 16.2. The highest BCUT2D eigenvalue weighted by Crippen LogP contribution is 2.21. The lowest BCUT2D eigenvalue weighted by Crippen LogP contribution is -2.41. The second-order valence-electron chi connectivity index (χ2n) is 7.31. The van der Waals surface area contributed by atoms with Gasteiger partial charge in [0.25, 0.3) is 0 Å². The second kappa shape index (κ2) is 7.32. The van der Waals surface area contributed by atoms with Crippen LogP contribution in [0.25, 0.3) is 10.9 Å². The fourth-order valence-electron chi connectivity index (χ4n) is 3.69. The first-order valence-electron chi connectivity index (χ1n) is 9.18. The number of sulfone groups is 1. The molecule has 1 saturated heterocycles. The van der Waals surface area contributed by atoms with E-state index >= 15 is 0 Å². The van der Waals surface area contributed by atoms with Gasteiger partial charge in [-0.3, -0.25) is 10.00 Å². The van der Waals surface area contributed by atoms with Crippen LogP contribution in [0.3, 0.4) is 0 Å². The fourth-order valence-corrected chi connectivity index (χ4v) is 4.32. The molecule has 1 fully saturated rings. The molecule has 0 saturated carbocycles. The highest BCUT2D eigenvalue weighted by molar-refractivity contribution is 7.90. The van der Waals surface area contributed by atoms with Crippen LogP contribution in [-0.4, -0.2) is 48.9 Å². The number of nitrogens with zero attached hydrogens (tertiary/aromatic N) is 2. The monoisotopic (exact) mass is 384 g/mol. The molecular formula is C20H24N4O2S. The predicted molar refractivity (Wildman–Crippen MR) is 108 cm³/mol. The van der Waals surface area contributed by atoms with Gasteiger partial charge >= 0.3 is 0 Å². The van der Waals surface area contributed by atoms with E-state index in [-0.39, 0.29) is 0 Å². The largest absolute Gasteiger partial charge is 0.381 e. The molecule has 1 aliphatic rings. The first-order chi connectivity index (χ1) is 13.0. The molecule has 1 aromatic heterocycles. The molecule has 0 spiro atoms. The molecule has 2 aromatic carbocycles. The number of likely N-dealkylation sites (tertiary alicyclic amines) is 1. The van der Waals surface area contributed by atoms with Gasteiger partial charge in [0, 0.05) is 36.5 Å². The number of hydrogen-bond acceptors (Lipinski definition) is 5. The van der Waals surface area contributed by atoms with E-state index in [0.717, 1.165) is 54.6 Å². The molecule has 142 valence electrons. The topological polar surface area (TPSA) is 78.1 Å². The lowest BCUT2D eigenvalue weighted by molar-refractivity contribution is 0.208. The molecule has 2 heterocycles. The molecule has 27 heavy (non-hydrogen) atoms. The van der Waals surface area contributed by atoms with Crippen molar-refractivity contribution in [2.45, 2.75) is 30.3 Å². The summed E-state index contributed by atoms with van der Waals surface area (Å²) in [6.45, 7) is 2.87. The van der Waals surface area contributed by atoms with E-state index in [0.29, 0.717) is 10.9 Å². The van der Waals surface area contributed by atoms with Crippen molar-refractivity contribution < 1.29 is 8.42 Å². The Bertz CT molecular complexity index is 1030. The maximum Gasteiger partial charge on any atom is 0.175 e. The van der Waals surface area contributed by atoms with Crippen molar-refractivity contribution in [1.82, 2.24) is 15.1 Å². The molecule has 0 aliphatic carbocycles. The minimum atomic E-state index is -3.14. The summed E-state index contributed by atoms with van der Waals surface area (Å²) < 4.78 is 23.2. The molecule has 2 N–H and O–H groups in total. The number of benzene rings is 2. The van der Waals surface area contributed by atoms with Crippen LogP contribution in [0.5, 0.6) is 0 Å². The van der Waals surface area contributed by atoms with Crippen molar-refractivity contribution in [3.8, 4) is 0 Å². The van der Waals surface area contributed by atoms with E-state index in [1.807, 2.05) is 18.3 Å². The van der Waals surface area contributed by atoms with Crippen LogP contribution < -0.4 is 5.32 Å². The lowest BCUT2D eigenvalue weighted by atomic mass is 10.0. The molecule has 4 rings (SSSR count). The van der Waals surface area contributed by atoms with Crippen LogP contribution in [0, 0.1) is 0 Å². The second-order valence-corrected chi connectivity index (χ2v) is 9.32. The van der Waals surface area contributed by atoms with Gasteiger partial charge in [-0.2, -0.15) is 5.10 Å². The number of aromatic amines is 1. The highest BCUT2D eigenvalue weighted by Gasteiger charge is 2.20. The maximum absolute atomic E-state index is 11.6. The Morgan fingerprint density at radius 1 is 1.22 bits per heavy atom. The van der Waals surface area contributed by atoms with Crippen molar-refractivity contribution >= 4 is 26.4 Å². The normalized spacial score (nSPS) is 18.6. The first kappa shape index (κ1) is 18.0. The summed E-state index contributed by atoms with van der Waals surface area (Å²) in [7, 11) is -3.14. The molecule has 1 aliphatic heterocycles. The predicted octanol–water partition coefficient (Wildman–Crippen LogP) is 3.04. The third-order valence-corrected chi connectivity index (χ3v) is 6.20. The fraction of sp³-hybridized carbons (Fsp3) is 0.350. The lowest BCUT2D eigenvalue weighted by Gasteiger charge is -2.33. The molecule has 0 amide bonds. The SMILES string of the molecule is CS(=O)(=O)c1ccc(CN2CCC[C@@H](Nc3ccc4[nH]ncc4c3)C2)cc1. The Kier molecular flexibility index (Phi) is 4.88. The van der Waals surface area contributed by atoms with Crippen LogP contribution in [-0.2, 0) is 16.4 Å². The Hall–Kier alpha value is -2.38. The van der Waals surface area contributed by atoms with E-state index in [4.69, 9.17) is 0 Å². The van der Waals surface area contributed by atoms with Crippen LogP contribution in [0.4, 0.5) is 5.69 Å². The third-order valence-electron chi connectivity index (χ3n) is 5.07. The molecule has 0 bridgehead atoms. The van der Waals surface area contributed by atoms with E-state index in [9.17, 15) is 8.42 Å². The third kappa shape index (κ3) is 4.31. The van der Waals surface area contributed by atoms with Gasteiger partial charge in [-0.15, -0.1) is 0 Å². The zero-order valence-electron chi connectivity index (χ0n) is 15.4. The average molecular weight is 385 g/mol. The highest BCUT2D eigenvalue weighted by atomic mass is 32.2. The molecule has 6 nitrogen and oxygen atoms in total. The van der Waals surface area contributed by atoms with E-state index in [1.165, 1.54) is 6.26 Å². The van der Waals surface area contributed by atoms with E-state index in [2.05, 4.69) is 38.6 Å². The number of aromatic nitrogens is 2. The number of rotatable bonds is 5. The Balaban J connectivity index is 1.39. The van der Waals surface area contributed by atoms with Crippen molar-refractivity contribution in [2.24, 2.45) is 0 Å². The Labute approximate surface area is 159 Å². The summed E-state index contributed by atoms with van der Waals surface area (Å²) in [5.41, 5.74) is 3.31. The number of H-pyrrole nitrogens is 1. The van der Waals surface area contributed by atoms with Crippen LogP contribution in [0.15, 0.2) is 53.6 Å². The van der Waals surface area contributed by atoms with Crippen LogP contribution in [0.1, 0.15) is 18.4 Å². The van der Waals surface area contributed by atoms with Crippen molar-refractivity contribution in [3.63, 3.8) is 0 Å². The summed E-state index contributed by atoms with van der Waals surface area (Å²) in [5.74, 6) is 0. The van der Waals surface area contributed by atoms with Gasteiger partial charge in [-0.1, -0.05) is 12.1 Å². The number of hydrogen-bond donors (Lipinski definition) is 2.